The van der Waals surface area contributed by atoms with Crippen LogP contribution >= 0.6 is 0 Å². The summed E-state index contributed by atoms with van der Waals surface area (Å²) in [5.74, 6) is 0.126. The van der Waals surface area contributed by atoms with E-state index in [0.29, 0.717) is 32.1 Å². The normalized spacial score (nSPS) is 20.6. The van der Waals surface area contributed by atoms with Crippen molar-refractivity contribution in [2.75, 3.05) is 19.7 Å². The van der Waals surface area contributed by atoms with Crippen molar-refractivity contribution in [3.8, 4) is 11.4 Å². The van der Waals surface area contributed by atoms with E-state index in [1.165, 1.54) is 6.07 Å². The maximum Gasteiger partial charge on any atom is 0.272 e. The lowest BCUT2D eigenvalue weighted by Crippen LogP contribution is -2.41. The predicted molar refractivity (Wildman–Crippen MR) is 104 cm³/mol. The van der Waals surface area contributed by atoms with E-state index in [1.807, 2.05) is 30.3 Å². The Kier molecular flexibility index (Phi) is 4.21. The number of fused-ring (bicyclic) bond motifs is 2. The van der Waals surface area contributed by atoms with E-state index in [0.717, 1.165) is 23.2 Å². The molecule has 2 aliphatic rings. The summed E-state index contributed by atoms with van der Waals surface area (Å²) in [5, 5.41) is 0. The van der Waals surface area contributed by atoms with E-state index in [1.54, 1.807) is 17.4 Å². The number of aromatic amines is 1. The number of nitrogens with one attached hydrogen (secondary N) is 1. The minimum absolute atomic E-state index is 0.143. The molecule has 1 spiro atoms. The summed E-state index contributed by atoms with van der Waals surface area (Å²) in [5.41, 5.74) is 2.13. The third kappa shape index (κ3) is 3.11. The van der Waals surface area contributed by atoms with Crippen molar-refractivity contribution in [2.24, 2.45) is 0 Å². The molecule has 29 heavy (non-hydrogen) atoms. The molecule has 0 bridgehead atoms. The van der Waals surface area contributed by atoms with E-state index >= 15 is 0 Å². The lowest BCUT2D eigenvalue weighted by molar-refractivity contribution is 0.0483. The van der Waals surface area contributed by atoms with Crippen LogP contribution in [0.25, 0.3) is 11.4 Å². The molecular weight excluding hydrogens is 370 g/mol. The van der Waals surface area contributed by atoms with Crippen LogP contribution in [-0.4, -0.2) is 50.4 Å². The van der Waals surface area contributed by atoms with Crippen molar-refractivity contribution >= 4 is 5.91 Å². The number of H-pyrrole nitrogens is 1. The lowest BCUT2D eigenvalue weighted by atomic mass is 9.81. The molecule has 8 heteroatoms. The fraction of sp³-hybridized carbons (Fsp3) is 0.286. The SMILES string of the molecule is O=C(c1cc(=O)[nH]c(-c2ccccc2)n1)N1CCC2(COCc3cncnc32)C1. The molecule has 5 rings (SSSR count). The Morgan fingerprint density at radius 2 is 2.10 bits per heavy atom. The van der Waals surface area contributed by atoms with Crippen LogP contribution in [0.15, 0.2) is 53.7 Å². The molecule has 0 saturated carbocycles. The summed E-state index contributed by atoms with van der Waals surface area (Å²) in [6.45, 7) is 2.03. The van der Waals surface area contributed by atoms with Crippen molar-refractivity contribution in [1.82, 2.24) is 24.8 Å². The van der Waals surface area contributed by atoms with Gasteiger partial charge in [0, 0.05) is 36.5 Å². The third-order valence-corrected chi connectivity index (χ3v) is 5.58. The van der Waals surface area contributed by atoms with E-state index < -0.39 is 0 Å². The van der Waals surface area contributed by atoms with Crippen LogP contribution in [0, 0.1) is 0 Å². The van der Waals surface area contributed by atoms with Gasteiger partial charge in [0.2, 0.25) is 0 Å². The third-order valence-electron chi connectivity index (χ3n) is 5.58. The van der Waals surface area contributed by atoms with Crippen molar-refractivity contribution in [1.29, 1.82) is 0 Å². The topological polar surface area (TPSA) is 101 Å². The smallest absolute Gasteiger partial charge is 0.272 e. The minimum Gasteiger partial charge on any atom is -0.376 e. The first-order valence-electron chi connectivity index (χ1n) is 9.48. The largest absolute Gasteiger partial charge is 0.376 e. The van der Waals surface area contributed by atoms with Gasteiger partial charge >= 0.3 is 0 Å². The molecule has 2 aromatic heterocycles. The number of carbonyl (C=O) groups is 1. The second-order valence-electron chi connectivity index (χ2n) is 7.49. The van der Waals surface area contributed by atoms with Crippen molar-refractivity contribution in [2.45, 2.75) is 18.4 Å². The zero-order chi connectivity index (χ0) is 19.8. The van der Waals surface area contributed by atoms with Crippen LogP contribution in [-0.2, 0) is 16.8 Å². The Morgan fingerprint density at radius 1 is 1.24 bits per heavy atom. The van der Waals surface area contributed by atoms with Gasteiger partial charge in [-0.3, -0.25) is 9.59 Å². The average molecular weight is 389 g/mol. The number of benzene rings is 1. The Balaban J connectivity index is 1.45. The fourth-order valence-electron chi connectivity index (χ4n) is 4.19. The van der Waals surface area contributed by atoms with Gasteiger partial charge in [0.05, 0.1) is 24.3 Å². The molecular formula is C21H19N5O3. The molecule has 2 aliphatic heterocycles. The van der Waals surface area contributed by atoms with Crippen LogP contribution < -0.4 is 5.56 Å². The second kappa shape index (κ2) is 6.89. The molecule has 1 unspecified atom stereocenters. The number of likely N-dealkylation sites (tertiary alicyclic amines) is 1. The molecule has 1 atom stereocenters. The minimum atomic E-state index is -0.352. The number of hydrogen-bond donors (Lipinski definition) is 1. The Labute approximate surface area is 166 Å². The van der Waals surface area contributed by atoms with Gasteiger partial charge in [0.15, 0.2) is 0 Å². The van der Waals surface area contributed by atoms with Crippen LogP contribution in [0.5, 0.6) is 0 Å². The van der Waals surface area contributed by atoms with Gasteiger partial charge in [0.1, 0.15) is 17.8 Å². The first-order chi connectivity index (χ1) is 14.1. The van der Waals surface area contributed by atoms with Gasteiger partial charge in [-0.1, -0.05) is 30.3 Å². The number of amides is 1. The number of ether oxygens (including phenoxy) is 1. The van der Waals surface area contributed by atoms with E-state index in [2.05, 4.69) is 19.9 Å². The summed E-state index contributed by atoms with van der Waals surface area (Å²) in [4.78, 5) is 42.7. The van der Waals surface area contributed by atoms with Gasteiger partial charge in [-0.15, -0.1) is 0 Å². The highest BCUT2D eigenvalue weighted by atomic mass is 16.5. The van der Waals surface area contributed by atoms with Gasteiger partial charge < -0.3 is 14.6 Å². The second-order valence-corrected chi connectivity index (χ2v) is 7.49. The van der Waals surface area contributed by atoms with Gasteiger partial charge in [-0.05, 0) is 6.42 Å². The molecule has 0 aliphatic carbocycles. The first-order valence-corrected chi connectivity index (χ1v) is 9.48. The van der Waals surface area contributed by atoms with Crippen LogP contribution in [0.3, 0.4) is 0 Å². The first kappa shape index (κ1) is 17.7. The number of nitrogens with zero attached hydrogens (tertiary/aromatic N) is 4. The highest BCUT2D eigenvalue weighted by molar-refractivity contribution is 5.93. The molecule has 1 saturated heterocycles. The number of rotatable bonds is 2. The zero-order valence-electron chi connectivity index (χ0n) is 15.7. The van der Waals surface area contributed by atoms with Crippen molar-refractivity contribution < 1.29 is 9.53 Å². The predicted octanol–water partition coefficient (Wildman–Crippen LogP) is 1.54. The molecule has 1 aromatic carbocycles. The summed E-state index contributed by atoms with van der Waals surface area (Å²) in [6.07, 6.45) is 4.07. The quantitative estimate of drug-likeness (QED) is 0.714. The Bertz CT molecular complexity index is 1130. The molecule has 8 nitrogen and oxygen atoms in total. The summed E-state index contributed by atoms with van der Waals surface area (Å²) < 4.78 is 5.77. The molecule has 1 N–H and O–H groups in total. The Hall–Kier alpha value is -3.39. The van der Waals surface area contributed by atoms with E-state index in [9.17, 15) is 9.59 Å². The molecule has 0 radical (unpaired) electrons. The molecule has 146 valence electrons. The standard InChI is InChI=1S/C21H19N5O3/c27-17-8-16(24-19(25-17)14-4-2-1-3-5-14)20(28)26-7-6-21(11-26)12-29-10-15-9-22-13-23-18(15)21/h1-5,8-9,13H,6-7,10-12H2,(H,24,25,27). The highest BCUT2D eigenvalue weighted by Gasteiger charge is 2.46. The average Bonchev–Trinajstić information content (AvgIpc) is 3.18. The number of carbonyl (C=O) groups excluding carboxylic acids is 1. The van der Waals surface area contributed by atoms with E-state index in [-0.39, 0.29) is 22.6 Å². The van der Waals surface area contributed by atoms with Crippen LogP contribution in [0.1, 0.15) is 28.2 Å². The zero-order valence-corrected chi connectivity index (χ0v) is 15.7. The van der Waals surface area contributed by atoms with E-state index in [4.69, 9.17) is 4.74 Å². The van der Waals surface area contributed by atoms with Gasteiger partial charge in [-0.2, -0.15) is 0 Å². The molecule has 1 fully saturated rings. The molecule has 3 aromatic rings. The molecule has 1 amide bonds. The number of hydrogen-bond acceptors (Lipinski definition) is 6. The highest BCUT2D eigenvalue weighted by Crippen LogP contribution is 2.38. The summed E-state index contributed by atoms with van der Waals surface area (Å²) >= 11 is 0. The maximum atomic E-state index is 13.2. The van der Waals surface area contributed by atoms with Crippen LogP contribution in [0.2, 0.25) is 0 Å². The molecule has 4 heterocycles. The van der Waals surface area contributed by atoms with Gasteiger partial charge in [-0.25, -0.2) is 15.0 Å². The van der Waals surface area contributed by atoms with Crippen molar-refractivity contribution in [3.63, 3.8) is 0 Å². The number of aromatic nitrogens is 4. The summed E-state index contributed by atoms with van der Waals surface area (Å²) in [6, 6.07) is 10.5. The fourth-order valence-corrected chi connectivity index (χ4v) is 4.19. The van der Waals surface area contributed by atoms with Gasteiger partial charge in [0.25, 0.3) is 11.5 Å². The maximum absolute atomic E-state index is 13.2. The van der Waals surface area contributed by atoms with Crippen molar-refractivity contribution in [3.05, 3.63) is 76.2 Å². The lowest BCUT2D eigenvalue weighted by Gasteiger charge is -2.33. The summed E-state index contributed by atoms with van der Waals surface area (Å²) in [7, 11) is 0. The Morgan fingerprint density at radius 3 is 2.97 bits per heavy atom. The van der Waals surface area contributed by atoms with Crippen LogP contribution in [0.4, 0.5) is 0 Å². The monoisotopic (exact) mass is 389 g/mol.